The van der Waals surface area contributed by atoms with Gasteiger partial charge in [0.15, 0.2) is 0 Å². The van der Waals surface area contributed by atoms with Crippen LogP contribution in [0, 0.1) is 12.8 Å². The van der Waals surface area contributed by atoms with Gasteiger partial charge in [-0.1, -0.05) is 17.4 Å². The van der Waals surface area contributed by atoms with E-state index in [4.69, 9.17) is 0 Å². The van der Waals surface area contributed by atoms with Gasteiger partial charge >= 0.3 is 4.87 Å². The van der Waals surface area contributed by atoms with Crippen molar-refractivity contribution in [3.05, 3.63) is 51.8 Å². The molecule has 0 unspecified atom stereocenters. The van der Waals surface area contributed by atoms with E-state index in [0.717, 1.165) is 22.4 Å². The number of benzene rings is 1. The summed E-state index contributed by atoms with van der Waals surface area (Å²) in [7, 11) is -3.69. The maximum atomic E-state index is 13.1. The molecule has 0 saturated carbocycles. The number of amides is 1. The molecule has 164 valence electrons. The number of rotatable bonds is 5. The second kappa shape index (κ2) is 8.52. The zero-order valence-electron chi connectivity index (χ0n) is 17.4. The van der Waals surface area contributed by atoms with Gasteiger partial charge < -0.3 is 5.32 Å². The number of nitrogens with zero attached hydrogens (tertiary/aromatic N) is 3. The van der Waals surface area contributed by atoms with Crippen LogP contribution in [0.25, 0.3) is 10.2 Å². The summed E-state index contributed by atoms with van der Waals surface area (Å²) in [4.78, 5) is 28.9. The van der Waals surface area contributed by atoms with Gasteiger partial charge in [-0.05, 0) is 56.5 Å². The predicted molar refractivity (Wildman–Crippen MR) is 121 cm³/mol. The molecule has 0 spiro atoms. The minimum atomic E-state index is -3.69. The molecule has 8 nitrogen and oxygen atoms in total. The first-order valence-corrected chi connectivity index (χ1v) is 12.4. The van der Waals surface area contributed by atoms with Crippen molar-refractivity contribution in [2.24, 2.45) is 5.92 Å². The quantitative estimate of drug-likeness (QED) is 0.631. The number of carbonyl (C=O) groups excluding carboxylic acids is 1. The van der Waals surface area contributed by atoms with Gasteiger partial charge in [0.2, 0.25) is 15.9 Å². The molecule has 31 heavy (non-hydrogen) atoms. The number of nitrogens with one attached hydrogen (secondary N) is 1. The first-order valence-electron chi connectivity index (χ1n) is 10.2. The molecular formula is C21H24N4O4S2. The first-order chi connectivity index (χ1) is 14.8. The van der Waals surface area contributed by atoms with Crippen LogP contribution in [-0.4, -0.2) is 41.3 Å². The number of aryl methyl sites for hydroxylation is 2. The van der Waals surface area contributed by atoms with Crippen molar-refractivity contribution in [2.45, 2.75) is 38.1 Å². The zero-order valence-corrected chi connectivity index (χ0v) is 19.0. The van der Waals surface area contributed by atoms with Crippen molar-refractivity contribution in [3.8, 4) is 0 Å². The highest BCUT2D eigenvalue weighted by molar-refractivity contribution is 7.89. The Balaban J connectivity index is 1.45. The molecule has 3 aromatic rings. The summed E-state index contributed by atoms with van der Waals surface area (Å²) in [6, 6.07) is 8.45. The van der Waals surface area contributed by atoms with Crippen LogP contribution in [-0.2, 0) is 21.4 Å². The average Bonchev–Trinajstić information content (AvgIpc) is 3.09. The third kappa shape index (κ3) is 4.28. The van der Waals surface area contributed by atoms with Crippen molar-refractivity contribution in [3.63, 3.8) is 0 Å². The average molecular weight is 461 g/mol. The van der Waals surface area contributed by atoms with Crippen molar-refractivity contribution in [1.29, 1.82) is 0 Å². The fourth-order valence-corrected chi connectivity index (χ4v) is 6.35. The second-order valence-corrected chi connectivity index (χ2v) is 10.6. The second-order valence-electron chi connectivity index (χ2n) is 7.63. The molecule has 1 aliphatic rings. The summed E-state index contributed by atoms with van der Waals surface area (Å²) in [6.45, 7) is 4.89. The Kier molecular flexibility index (Phi) is 5.96. The maximum Gasteiger partial charge on any atom is 0.308 e. The van der Waals surface area contributed by atoms with Crippen molar-refractivity contribution in [2.75, 3.05) is 18.4 Å². The van der Waals surface area contributed by atoms with Gasteiger partial charge in [0.25, 0.3) is 0 Å². The third-order valence-electron chi connectivity index (χ3n) is 5.58. The van der Waals surface area contributed by atoms with E-state index >= 15 is 0 Å². The number of hydrogen-bond donors (Lipinski definition) is 1. The lowest BCUT2D eigenvalue weighted by Crippen LogP contribution is -2.41. The van der Waals surface area contributed by atoms with Crippen LogP contribution in [0.5, 0.6) is 0 Å². The number of piperidine rings is 1. The monoisotopic (exact) mass is 460 g/mol. The lowest BCUT2D eigenvalue weighted by molar-refractivity contribution is -0.120. The number of aromatic nitrogens is 2. The third-order valence-corrected chi connectivity index (χ3v) is 8.42. The van der Waals surface area contributed by atoms with Crippen molar-refractivity contribution >= 4 is 43.3 Å². The highest BCUT2D eigenvalue weighted by Crippen LogP contribution is 2.27. The molecule has 1 N–H and O–H groups in total. The largest absolute Gasteiger partial charge is 0.310 e. The Morgan fingerprint density at radius 1 is 1.23 bits per heavy atom. The molecule has 2 aromatic heterocycles. The van der Waals surface area contributed by atoms with Crippen LogP contribution in [0.1, 0.15) is 25.3 Å². The van der Waals surface area contributed by atoms with E-state index in [9.17, 15) is 18.0 Å². The van der Waals surface area contributed by atoms with Gasteiger partial charge in [-0.3, -0.25) is 14.2 Å². The van der Waals surface area contributed by atoms with Gasteiger partial charge in [-0.25, -0.2) is 13.4 Å². The van der Waals surface area contributed by atoms with E-state index < -0.39 is 10.0 Å². The standard InChI is InChI=1S/C21H24N4O4S2/c1-3-25-17-6-5-16(12-18(17)30-21(25)27)31(28,29)24-10-8-15(9-11-24)20(26)23-19-7-4-14(2)13-22-19/h4-7,12-13,15H,3,8-11H2,1-2H3,(H,22,23,26). The number of pyridine rings is 1. The number of thiazole rings is 1. The number of hydrogen-bond acceptors (Lipinski definition) is 6. The molecule has 1 amide bonds. The lowest BCUT2D eigenvalue weighted by atomic mass is 9.97. The molecule has 1 aromatic carbocycles. The van der Waals surface area contributed by atoms with Crippen LogP contribution in [0.15, 0.2) is 46.2 Å². The summed E-state index contributed by atoms with van der Waals surface area (Å²) in [6.07, 6.45) is 2.57. The number of anilines is 1. The number of fused-ring (bicyclic) bond motifs is 1. The van der Waals surface area contributed by atoms with E-state index in [1.807, 2.05) is 19.9 Å². The Hall–Kier alpha value is -2.56. The summed E-state index contributed by atoms with van der Waals surface area (Å²) in [5.41, 5.74) is 1.75. The van der Waals surface area contributed by atoms with Crippen molar-refractivity contribution in [1.82, 2.24) is 13.9 Å². The highest BCUT2D eigenvalue weighted by Gasteiger charge is 2.32. The SMILES string of the molecule is CCn1c(=O)sc2cc(S(=O)(=O)N3CCC(C(=O)Nc4ccc(C)cn4)CC3)ccc21. The molecular weight excluding hydrogens is 436 g/mol. The van der Waals surface area contributed by atoms with E-state index in [1.54, 1.807) is 35.0 Å². The minimum Gasteiger partial charge on any atom is -0.310 e. The summed E-state index contributed by atoms with van der Waals surface area (Å²) >= 11 is 1.05. The van der Waals surface area contributed by atoms with Crippen LogP contribution in [0.4, 0.5) is 5.82 Å². The Bertz CT molecular complexity index is 1270. The summed E-state index contributed by atoms with van der Waals surface area (Å²) < 4.78 is 30.0. The molecule has 0 radical (unpaired) electrons. The fraction of sp³-hybridized carbons (Fsp3) is 0.381. The van der Waals surface area contributed by atoms with Gasteiger partial charge in [0.05, 0.1) is 15.1 Å². The van der Waals surface area contributed by atoms with E-state index in [2.05, 4.69) is 10.3 Å². The van der Waals surface area contributed by atoms with Gasteiger partial charge in [-0.2, -0.15) is 4.31 Å². The van der Waals surface area contributed by atoms with Crippen molar-refractivity contribution < 1.29 is 13.2 Å². The van der Waals surface area contributed by atoms with Crippen LogP contribution >= 0.6 is 11.3 Å². The smallest absolute Gasteiger partial charge is 0.308 e. The maximum absolute atomic E-state index is 13.1. The van der Waals surface area contributed by atoms with E-state index in [-0.39, 0.29) is 34.7 Å². The molecule has 1 fully saturated rings. The lowest BCUT2D eigenvalue weighted by Gasteiger charge is -2.30. The molecule has 4 rings (SSSR count). The zero-order chi connectivity index (χ0) is 22.2. The summed E-state index contributed by atoms with van der Waals surface area (Å²) in [5, 5.41) is 2.81. The molecule has 0 atom stereocenters. The van der Waals surface area contributed by atoms with E-state index in [0.29, 0.717) is 29.9 Å². The number of carbonyl (C=O) groups is 1. The summed E-state index contributed by atoms with van der Waals surface area (Å²) in [5.74, 6) is 0.0957. The highest BCUT2D eigenvalue weighted by atomic mass is 32.2. The normalized spacial score (nSPS) is 15.9. The predicted octanol–water partition coefficient (Wildman–Crippen LogP) is 2.83. The number of sulfonamides is 1. The Labute approximate surface area is 184 Å². The fourth-order valence-electron chi connectivity index (χ4n) is 3.78. The van der Waals surface area contributed by atoms with E-state index in [1.165, 1.54) is 4.31 Å². The first kappa shape index (κ1) is 21.7. The van der Waals surface area contributed by atoms with Gasteiger partial charge in [0.1, 0.15) is 5.82 Å². The van der Waals surface area contributed by atoms with Crippen LogP contribution in [0.2, 0.25) is 0 Å². The molecule has 1 aliphatic heterocycles. The molecule has 0 bridgehead atoms. The molecule has 0 aliphatic carbocycles. The molecule has 1 saturated heterocycles. The van der Waals surface area contributed by atoms with Gasteiger partial charge in [-0.15, -0.1) is 0 Å². The van der Waals surface area contributed by atoms with Crippen LogP contribution in [0.3, 0.4) is 0 Å². The minimum absolute atomic E-state index is 0.0954. The Morgan fingerprint density at radius 3 is 2.61 bits per heavy atom. The molecule has 10 heteroatoms. The topological polar surface area (TPSA) is 101 Å². The molecule has 3 heterocycles. The van der Waals surface area contributed by atoms with Gasteiger partial charge in [0, 0.05) is 31.7 Å². The Morgan fingerprint density at radius 2 is 1.97 bits per heavy atom. The van der Waals surface area contributed by atoms with Crippen LogP contribution < -0.4 is 10.2 Å².